The van der Waals surface area contributed by atoms with E-state index in [-0.39, 0.29) is 5.96 Å². The number of rotatable bonds is 6. The maximum Gasteiger partial charge on any atom is 0.211 e. The lowest BCUT2D eigenvalue weighted by Crippen LogP contribution is -2.22. The lowest BCUT2D eigenvalue weighted by molar-refractivity contribution is 0.949. The highest BCUT2D eigenvalue weighted by molar-refractivity contribution is 7.17. The Bertz CT molecular complexity index is 856. The molecular formula is C18H24N8S. The molecule has 2 aromatic rings. The van der Waals surface area contributed by atoms with E-state index in [1.165, 1.54) is 29.9 Å². The second kappa shape index (κ2) is 8.63. The van der Waals surface area contributed by atoms with Gasteiger partial charge in [-0.3, -0.25) is 5.43 Å². The third kappa shape index (κ3) is 5.04. The number of nitrogens with one attached hydrogen (secondary N) is 1. The molecular weight excluding hydrogens is 360 g/mol. The molecule has 0 bridgehead atoms. The van der Waals surface area contributed by atoms with E-state index in [2.05, 4.69) is 54.9 Å². The van der Waals surface area contributed by atoms with E-state index in [9.17, 15) is 0 Å². The van der Waals surface area contributed by atoms with Crippen LogP contribution in [0.4, 0.5) is 10.8 Å². The van der Waals surface area contributed by atoms with Crippen LogP contribution in [0.5, 0.6) is 0 Å². The fourth-order valence-electron chi connectivity index (χ4n) is 2.87. The van der Waals surface area contributed by atoms with Gasteiger partial charge in [0.25, 0.3) is 0 Å². The molecule has 0 spiro atoms. The molecule has 1 fully saturated rings. The van der Waals surface area contributed by atoms with Gasteiger partial charge in [-0.1, -0.05) is 23.5 Å². The van der Waals surface area contributed by atoms with E-state index >= 15 is 0 Å². The fraction of sp³-hybridized carbons (Fsp3) is 0.333. The van der Waals surface area contributed by atoms with Crippen LogP contribution in [0.1, 0.15) is 35.9 Å². The van der Waals surface area contributed by atoms with Crippen LogP contribution in [0, 0.1) is 6.92 Å². The molecule has 2 heterocycles. The van der Waals surface area contributed by atoms with Crippen molar-refractivity contribution in [2.75, 3.05) is 23.4 Å². The Morgan fingerprint density at radius 1 is 1.19 bits per heavy atom. The Morgan fingerprint density at radius 2 is 1.89 bits per heavy atom. The van der Waals surface area contributed by atoms with Gasteiger partial charge in [0, 0.05) is 18.8 Å². The summed E-state index contributed by atoms with van der Waals surface area (Å²) in [5.41, 5.74) is 17.4. The van der Waals surface area contributed by atoms with E-state index in [0.29, 0.717) is 10.8 Å². The molecule has 1 aromatic heterocycles. The minimum Gasteiger partial charge on any atom is -0.372 e. The number of aryl methyl sites for hydroxylation is 1. The van der Waals surface area contributed by atoms with Crippen molar-refractivity contribution in [3.05, 3.63) is 40.4 Å². The van der Waals surface area contributed by atoms with Gasteiger partial charge in [0.2, 0.25) is 11.1 Å². The number of thiazole rings is 1. The van der Waals surface area contributed by atoms with Crippen molar-refractivity contribution in [3.8, 4) is 0 Å². The van der Waals surface area contributed by atoms with Crippen molar-refractivity contribution in [2.45, 2.75) is 26.7 Å². The maximum absolute atomic E-state index is 5.30. The summed E-state index contributed by atoms with van der Waals surface area (Å²) in [6.07, 6.45) is 4.33. The van der Waals surface area contributed by atoms with Crippen molar-refractivity contribution >= 4 is 40.0 Å². The van der Waals surface area contributed by atoms with Gasteiger partial charge in [0.05, 0.1) is 22.5 Å². The summed E-state index contributed by atoms with van der Waals surface area (Å²) in [5, 5.41) is 12.6. The van der Waals surface area contributed by atoms with Gasteiger partial charge in [-0.2, -0.15) is 10.2 Å². The van der Waals surface area contributed by atoms with E-state index in [0.717, 1.165) is 29.2 Å². The molecule has 8 nitrogen and oxygen atoms in total. The summed E-state index contributed by atoms with van der Waals surface area (Å²) in [5.74, 6) is -0.0739. The van der Waals surface area contributed by atoms with Gasteiger partial charge in [-0.15, -0.1) is 5.10 Å². The number of benzene rings is 1. The first-order valence-electron chi connectivity index (χ1n) is 8.78. The molecule has 142 valence electrons. The molecule has 0 unspecified atom stereocenters. The lowest BCUT2D eigenvalue weighted by Gasteiger charge is -2.17. The van der Waals surface area contributed by atoms with Crippen LogP contribution < -0.4 is 21.8 Å². The number of nitrogens with two attached hydrogens (primary N) is 2. The predicted octanol–water partition coefficient (Wildman–Crippen LogP) is 2.50. The number of hydrogen-bond acceptors (Lipinski definition) is 7. The molecule has 1 aliphatic rings. The number of hydrazone groups is 1. The Hall–Kier alpha value is -2.94. The third-order valence-electron chi connectivity index (χ3n) is 4.18. The van der Waals surface area contributed by atoms with Crippen LogP contribution >= 0.6 is 11.3 Å². The number of anilines is 2. The summed E-state index contributed by atoms with van der Waals surface area (Å²) < 4.78 is 0. The van der Waals surface area contributed by atoms with Crippen molar-refractivity contribution < 1.29 is 0 Å². The molecule has 0 aliphatic carbocycles. The van der Waals surface area contributed by atoms with E-state index < -0.39 is 0 Å². The van der Waals surface area contributed by atoms with Crippen LogP contribution in [0.15, 0.2) is 39.6 Å². The first kappa shape index (κ1) is 18.8. The smallest absolute Gasteiger partial charge is 0.211 e. The Kier molecular flexibility index (Phi) is 6.02. The molecule has 0 amide bonds. The van der Waals surface area contributed by atoms with E-state index in [1.807, 2.05) is 13.8 Å². The van der Waals surface area contributed by atoms with Gasteiger partial charge < -0.3 is 16.4 Å². The first-order valence-corrected chi connectivity index (χ1v) is 9.59. The molecule has 27 heavy (non-hydrogen) atoms. The summed E-state index contributed by atoms with van der Waals surface area (Å²) >= 11 is 1.45. The van der Waals surface area contributed by atoms with Crippen molar-refractivity contribution in [1.82, 2.24) is 4.98 Å². The second-order valence-corrected chi connectivity index (χ2v) is 7.30. The van der Waals surface area contributed by atoms with Crippen molar-refractivity contribution in [1.29, 1.82) is 0 Å². The molecule has 1 aliphatic heterocycles. The minimum atomic E-state index is -0.0739. The molecule has 3 rings (SSSR count). The quantitative estimate of drug-likeness (QED) is 0.402. The number of guanidine groups is 1. The largest absolute Gasteiger partial charge is 0.372 e. The standard InChI is InChI=1S/C18H24N8S/c1-12-16(13(2)23-24-17(19)20)27-18(22-12)25-21-11-14-5-7-15(8-6-14)26-9-3-4-10-26/h5-8,11H,3-4,9-10H2,1-2H3,(H,22,25)(H4,19,20,24). The van der Waals surface area contributed by atoms with Gasteiger partial charge in [-0.25, -0.2) is 4.98 Å². The number of hydrogen-bond donors (Lipinski definition) is 3. The van der Waals surface area contributed by atoms with Gasteiger partial charge in [-0.05, 0) is 44.4 Å². The number of nitrogens with zero attached hydrogens (tertiary/aromatic N) is 5. The highest BCUT2D eigenvalue weighted by atomic mass is 32.1. The topological polar surface area (TPSA) is 117 Å². The van der Waals surface area contributed by atoms with Gasteiger partial charge in [0.15, 0.2) is 0 Å². The highest BCUT2D eigenvalue weighted by Gasteiger charge is 2.12. The molecule has 5 N–H and O–H groups in total. The zero-order valence-corrected chi connectivity index (χ0v) is 16.3. The van der Waals surface area contributed by atoms with Crippen LogP contribution in [0.25, 0.3) is 0 Å². The zero-order valence-electron chi connectivity index (χ0n) is 15.5. The van der Waals surface area contributed by atoms with Gasteiger partial charge in [0.1, 0.15) is 0 Å². The average Bonchev–Trinajstić information content (AvgIpc) is 3.30. The summed E-state index contributed by atoms with van der Waals surface area (Å²) in [6, 6.07) is 8.43. The van der Waals surface area contributed by atoms with Crippen LogP contribution in [-0.2, 0) is 0 Å². The highest BCUT2D eigenvalue weighted by Crippen LogP contribution is 2.23. The summed E-state index contributed by atoms with van der Waals surface area (Å²) in [7, 11) is 0. The Labute approximate surface area is 162 Å². The molecule has 0 saturated carbocycles. The minimum absolute atomic E-state index is 0.0739. The van der Waals surface area contributed by atoms with Crippen LogP contribution in [-0.4, -0.2) is 36.0 Å². The van der Waals surface area contributed by atoms with E-state index in [4.69, 9.17) is 11.5 Å². The SMILES string of the molecule is CC(=NN=C(N)N)c1sc(NN=Cc2ccc(N3CCCC3)cc2)nc1C. The second-order valence-electron chi connectivity index (χ2n) is 6.30. The first-order chi connectivity index (χ1) is 13.0. The van der Waals surface area contributed by atoms with Crippen molar-refractivity contribution in [2.24, 2.45) is 26.8 Å². The maximum atomic E-state index is 5.30. The monoisotopic (exact) mass is 384 g/mol. The lowest BCUT2D eigenvalue weighted by atomic mass is 10.2. The summed E-state index contributed by atoms with van der Waals surface area (Å²) in [4.78, 5) is 7.77. The Balaban J connectivity index is 1.62. The Morgan fingerprint density at radius 3 is 2.56 bits per heavy atom. The molecule has 1 saturated heterocycles. The molecule has 0 radical (unpaired) electrons. The molecule has 0 atom stereocenters. The average molecular weight is 385 g/mol. The van der Waals surface area contributed by atoms with Crippen LogP contribution in [0.3, 0.4) is 0 Å². The third-order valence-corrected chi connectivity index (χ3v) is 5.35. The summed E-state index contributed by atoms with van der Waals surface area (Å²) in [6.45, 7) is 6.04. The van der Waals surface area contributed by atoms with Gasteiger partial charge >= 0.3 is 0 Å². The molecule has 1 aromatic carbocycles. The van der Waals surface area contributed by atoms with Crippen molar-refractivity contribution in [3.63, 3.8) is 0 Å². The van der Waals surface area contributed by atoms with E-state index in [1.54, 1.807) is 6.21 Å². The van der Waals surface area contributed by atoms with Crippen LogP contribution in [0.2, 0.25) is 0 Å². The predicted molar refractivity (Wildman–Crippen MR) is 114 cm³/mol. The normalized spacial score (nSPS) is 14.7. The fourth-order valence-corrected chi connectivity index (χ4v) is 3.72. The molecule has 9 heteroatoms. The zero-order chi connectivity index (χ0) is 19.2. The number of aromatic nitrogens is 1.